The van der Waals surface area contributed by atoms with E-state index in [9.17, 15) is 0 Å². The quantitative estimate of drug-likeness (QED) is 0.180. The largest absolute Gasteiger partial charge is 0.208 e. The van der Waals surface area contributed by atoms with Gasteiger partial charge >= 0.3 is 0 Å². The maximum atomic E-state index is 5.21. The van der Waals surface area contributed by atoms with E-state index in [0.29, 0.717) is 17.5 Å². The average Bonchev–Trinajstić information content (AvgIpc) is 3.56. The second-order valence-electron chi connectivity index (χ2n) is 12.4. The number of thiophene rings is 1. The summed E-state index contributed by atoms with van der Waals surface area (Å²) in [5.41, 5.74) is 5.34. The van der Waals surface area contributed by atoms with Crippen molar-refractivity contribution in [3.63, 3.8) is 0 Å². The molecule has 0 unspecified atom stereocenters. The summed E-state index contributed by atoms with van der Waals surface area (Å²) in [5.74, 6) is 1.99. The Bertz CT molecular complexity index is 2890. The van der Waals surface area contributed by atoms with Gasteiger partial charge < -0.3 is 0 Å². The van der Waals surface area contributed by atoms with Gasteiger partial charge in [-0.2, -0.15) is 0 Å². The Hall–Kier alpha value is -6.23. The molecule has 2 aromatic heterocycles. The first-order valence-corrected chi connectivity index (χ1v) is 17.3. The van der Waals surface area contributed by atoms with Crippen LogP contribution >= 0.6 is 11.3 Å². The van der Waals surface area contributed by atoms with Gasteiger partial charge in [0.2, 0.25) is 0 Å². The summed E-state index contributed by atoms with van der Waals surface area (Å²) >= 11 is 1.80. The van der Waals surface area contributed by atoms with E-state index >= 15 is 0 Å². The zero-order valence-corrected chi connectivity index (χ0v) is 27.2. The first-order valence-electron chi connectivity index (χ1n) is 16.4. The molecule has 0 aliphatic heterocycles. The van der Waals surface area contributed by atoms with E-state index in [2.05, 4.69) is 164 Å². The number of aromatic nitrogens is 3. The van der Waals surface area contributed by atoms with Crippen molar-refractivity contribution in [3.8, 4) is 45.3 Å². The lowest BCUT2D eigenvalue weighted by Crippen LogP contribution is -2.00. The van der Waals surface area contributed by atoms with E-state index in [-0.39, 0.29) is 0 Å². The Morgan fingerprint density at radius 2 is 0.898 bits per heavy atom. The summed E-state index contributed by atoms with van der Waals surface area (Å²) in [6.45, 7) is 0. The number of hydrogen-bond donors (Lipinski definition) is 0. The minimum atomic E-state index is 0.656. The highest BCUT2D eigenvalue weighted by Crippen LogP contribution is 2.40. The molecule has 0 fully saturated rings. The highest BCUT2D eigenvalue weighted by molar-refractivity contribution is 7.25. The number of fused-ring (bicyclic) bond motifs is 7. The molecule has 0 aliphatic carbocycles. The third-order valence-corrected chi connectivity index (χ3v) is 10.6. The molecule has 0 N–H and O–H groups in total. The predicted octanol–water partition coefficient (Wildman–Crippen LogP) is 12.4. The van der Waals surface area contributed by atoms with Crippen LogP contribution in [0.25, 0.3) is 97.8 Å². The Morgan fingerprint density at radius 3 is 1.71 bits per heavy atom. The van der Waals surface area contributed by atoms with Crippen molar-refractivity contribution in [2.24, 2.45) is 0 Å². The van der Waals surface area contributed by atoms with Crippen LogP contribution in [-0.4, -0.2) is 15.0 Å². The maximum Gasteiger partial charge on any atom is 0.164 e. The fourth-order valence-electron chi connectivity index (χ4n) is 7.05. The van der Waals surface area contributed by atoms with Crippen LogP contribution in [0.2, 0.25) is 0 Å². The van der Waals surface area contributed by atoms with Crippen molar-refractivity contribution in [1.29, 1.82) is 0 Å². The van der Waals surface area contributed by atoms with Crippen molar-refractivity contribution in [2.75, 3.05) is 0 Å². The number of rotatable bonds is 4. The highest BCUT2D eigenvalue weighted by atomic mass is 32.1. The molecular weight excluding hydrogens is 615 g/mol. The maximum absolute atomic E-state index is 5.21. The molecule has 4 heteroatoms. The lowest BCUT2D eigenvalue weighted by atomic mass is 9.99. The summed E-state index contributed by atoms with van der Waals surface area (Å²) in [4.78, 5) is 15.6. The molecule has 49 heavy (non-hydrogen) atoms. The van der Waals surface area contributed by atoms with Crippen LogP contribution < -0.4 is 0 Å². The van der Waals surface area contributed by atoms with E-state index in [0.717, 1.165) is 22.1 Å². The molecule has 10 aromatic rings. The van der Waals surface area contributed by atoms with Crippen molar-refractivity contribution in [1.82, 2.24) is 15.0 Å². The Labute approximate surface area is 286 Å². The van der Waals surface area contributed by atoms with Crippen molar-refractivity contribution in [2.45, 2.75) is 0 Å². The lowest BCUT2D eigenvalue weighted by Gasteiger charge is -2.11. The number of nitrogens with zero attached hydrogens (tertiary/aromatic N) is 3. The molecule has 0 amide bonds. The summed E-state index contributed by atoms with van der Waals surface area (Å²) in [5, 5.41) is 9.53. The van der Waals surface area contributed by atoms with Crippen molar-refractivity contribution in [3.05, 3.63) is 164 Å². The van der Waals surface area contributed by atoms with Crippen LogP contribution in [-0.2, 0) is 0 Å². The second kappa shape index (κ2) is 11.2. The number of benzene rings is 8. The van der Waals surface area contributed by atoms with Gasteiger partial charge in [-0.3, -0.25) is 0 Å². The smallest absolute Gasteiger partial charge is 0.164 e. The van der Waals surface area contributed by atoms with Gasteiger partial charge in [-0.1, -0.05) is 133 Å². The first kappa shape index (κ1) is 27.8. The molecule has 0 spiro atoms. The van der Waals surface area contributed by atoms with Gasteiger partial charge in [0.15, 0.2) is 17.5 Å². The van der Waals surface area contributed by atoms with Crippen molar-refractivity contribution < 1.29 is 0 Å². The van der Waals surface area contributed by atoms with Crippen molar-refractivity contribution >= 4 is 63.8 Å². The molecule has 0 saturated carbocycles. The molecule has 0 saturated heterocycles. The predicted molar refractivity (Wildman–Crippen MR) is 207 cm³/mol. The molecular formula is C45H27N3S. The van der Waals surface area contributed by atoms with E-state index in [1.54, 1.807) is 11.3 Å². The van der Waals surface area contributed by atoms with E-state index in [4.69, 9.17) is 15.0 Å². The molecule has 0 bridgehead atoms. The van der Waals surface area contributed by atoms with Gasteiger partial charge in [0.05, 0.1) is 0 Å². The van der Waals surface area contributed by atoms with Gasteiger partial charge in [-0.25, -0.2) is 15.0 Å². The van der Waals surface area contributed by atoms with Crippen LogP contribution in [0.3, 0.4) is 0 Å². The average molecular weight is 642 g/mol. The molecule has 228 valence electrons. The summed E-state index contributed by atoms with van der Waals surface area (Å²) in [6, 6.07) is 58.1. The molecule has 3 nitrogen and oxygen atoms in total. The topological polar surface area (TPSA) is 38.7 Å². The molecule has 8 aromatic carbocycles. The van der Waals surface area contributed by atoms with Gasteiger partial charge in [0.1, 0.15) is 0 Å². The highest BCUT2D eigenvalue weighted by Gasteiger charge is 2.17. The number of hydrogen-bond acceptors (Lipinski definition) is 4. The monoisotopic (exact) mass is 641 g/mol. The minimum Gasteiger partial charge on any atom is -0.208 e. The third-order valence-electron chi connectivity index (χ3n) is 9.49. The summed E-state index contributed by atoms with van der Waals surface area (Å²) in [6.07, 6.45) is 0. The molecule has 10 rings (SSSR count). The Kier molecular flexibility index (Phi) is 6.36. The molecule has 2 heterocycles. The summed E-state index contributed by atoms with van der Waals surface area (Å²) in [7, 11) is 0. The third kappa shape index (κ3) is 4.76. The standard InChI is InChI=1S/C45H27N3S/c1-2-9-28(10-3-1)31-20-21-33-26-34(24-22-32(33)25-31)43-46-44(35-23-19-30-18-17-29-11-4-5-12-36(29)39(30)27-35)48-45(47-43)38-14-8-16-41-42(38)37-13-6-7-15-40(37)49-41/h1-27H. The van der Waals surface area contributed by atoms with E-state index in [1.165, 1.54) is 58.2 Å². The minimum absolute atomic E-state index is 0.656. The summed E-state index contributed by atoms with van der Waals surface area (Å²) < 4.78 is 2.48. The lowest BCUT2D eigenvalue weighted by molar-refractivity contribution is 1.08. The van der Waals surface area contributed by atoms with Crippen LogP contribution in [0.4, 0.5) is 0 Å². The SMILES string of the molecule is c1ccc(-c2ccc3cc(-c4nc(-c5ccc6ccc7ccccc7c6c5)nc(-c5cccc6sc7ccccc7c56)n4)ccc3c2)cc1. The van der Waals surface area contributed by atoms with Gasteiger partial charge in [0.25, 0.3) is 0 Å². The van der Waals surface area contributed by atoms with E-state index < -0.39 is 0 Å². The van der Waals surface area contributed by atoms with E-state index in [1.807, 2.05) is 0 Å². The van der Waals surface area contributed by atoms with Crippen LogP contribution in [0.5, 0.6) is 0 Å². The Morgan fingerprint density at radius 1 is 0.327 bits per heavy atom. The van der Waals surface area contributed by atoms with Crippen LogP contribution in [0, 0.1) is 0 Å². The Balaban J connectivity index is 1.19. The second-order valence-corrected chi connectivity index (χ2v) is 13.5. The fourth-order valence-corrected chi connectivity index (χ4v) is 8.18. The first-order chi connectivity index (χ1) is 24.2. The van der Waals surface area contributed by atoms with Crippen LogP contribution in [0.1, 0.15) is 0 Å². The zero-order valence-electron chi connectivity index (χ0n) is 26.3. The van der Waals surface area contributed by atoms with Gasteiger partial charge in [0, 0.05) is 36.9 Å². The van der Waals surface area contributed by atoms with Gasteiger partial charge in [-0.05, 0) is 73.8 Å². The molecule has 0 radical (unpaired) electrons. The molecule has 0 aliphatic rings. The molecule has 0 atom stereocenters. The van der Waals surface area contributed by atoms with Crippen LogP contribution in [0.15, 0.2) is 164 Å². The normalized spacial score (nSPS) is 11.7. The zero-order chi connectivity index (χ0) is 32.3. The van der Waals surface area contributed by atoms with Gasteiger partial charge in [-0.15, -0.1) is 11.3 Å². The fraction of sp³-hybridized carbons (Fsp3) is 0.